The first kappa shape index (κ1) is 26.2. The van der Waals surface area contributed by atoms with E-state index in [2.05, 4.69) is 10.0 Å². The molecule has 0 aliphatic rings. The molecular formula is C19H26ClN5O5S. The van der Waals surface area contributed by atoms with E-state index in [0.717, 1.165) is 0 Å². The molecule has 2 aromatic rings. The number of methoxy groups -OCH3 is 2. The Kier molecular flexibility index (Phi) is 10.2. The third kappa shape index (κ3) is 6.08. The lowest BCUT2D eigenvalue weighted by Crippen LogP contribution is -2.33. The van der Waals surface area contributed by atoms with Crippen LogP contribution in [0.2, 0.25) is 0 Å². The van der Waals surface area contributed by atoms with Crippen molar-refractivity contribution >= 4 is 33.8 Å². The Morgan fingerprint density at radius 1 is 1.13 bits per heavy atom. The van der Waals surface area contributed by atoms with Gasteiger partial charge in [-0.15, -0.1) is 12.4 Å². The monoisotopic (exact) mass is 471 g/mol. The van der Waals surface area contributed by atoms with Gasteiger partial charge in [0.25, 0.3) is 10.0 Å². The fraction of sp³-hybridized carbons (Fsp3) is 0.368. The van der Waals surface area contributed by atoms with E-state index in [-0.39, 0.29) is 46.7 Å². The summed E-state index contributed by atoms with van der Waals surface area (Å²) in [5.74, 6) is 0.996. The van der Waals surface area contributed by atoms with E-state index in [9.17, 15) is 8.42 Å². The molecule has 0 spiro atoms. The molecule has 0 bridgehead atoms. The summed E-state index contributed by atoms with van der Waals surface area (Å²) in [6.45, 7) is 2.74. The second-order valence-electron chi connectivity index (χ2n) is 6.01. The second kappa shape index (κ2) is 12.1. The van der Waals surface area contributed by atoms with Gasteiger partial charge in [-0.25, -0.2) is 8.42 Å². The van der Waals surface area contributed by atoms with Gasteiger partial charge >= 0.3 is 0 Å². The van der Waals surface area contributed by atoms with Crippen molar-refractivity contribution in [3.63, 3.8) is 0 Å². The van der Waals surface area contributed by atoms with Crippen molar-refractivity contribution in [3.8, 4) is 17.2 Å². The van der Waals surface area contributed by atoms with Gasteiger partial charge in [-0.05, 0) is 55.8 Å². The number of nitrogens with zero attached hydrogens (tertiary/aromatic N) is 4. The number of halogens is 1. The maximum absolute atomic E-state index is 13.5. The van der Waals surface area contributed by atoms with Crippen molar-refractivity contribution in [1.29, 1.82) is 0 Å². The summed E-state index contributed by atoms with van der Waals surface area (Å²) in [4.78, 5) is 2.85. The largest absolute Gasteiger partial charge is 0.496 e. The lowest BCUT2D eigenvalue weighted by molar-refractivity contribution is 0.340. The molecule has 2 N–H and O–H groups in total. The third-order valence-corrected chi connectivity index (χ3v) is 6.02. The molecule has 2 rings (SSSR count). The van der Waals surface area contributed by atoms with Crippen molar-refractivity contribution < 1.29 is 22.6 Å². The topological polar surface area (TPSA) is 140 Å². The van der Waals surface area contributed by atoms with Crippen LogP contribution in [0.15, 0.2) is 46.4 Å². The van der Waals surface area contributed by atoms with E-state index in [1.807, 2.05) is 6.92 Å². The highest BCUT2D eigenvalue weighted by Crippen LogP contribution is 2.42. The zero-order chi connectivity index (χ0) is 22.1. The summed E-state index contributed by atoms with van der Waals surface area (Å²) in [7, 11) is -1.16. The zero-order valence-corrected chi connectivity index (χ0v) is 19.1. The average molecular weight is 472 g/mol. The average Bonchev–Trinajstić information content (AvgIpc) is 2.75. The normalized spacial score (nSPS) is 10.5. The number of hydrogen-bond donors (Lipinski definition) is 1. The smallest absolute Gasteiger partial charge is 0.264 e. The predicted octanol–water partition coefficient (Wildman–Crippen LogP) is 4.01. The van der Waals surface area contributed by atoms with E-state index in [1.54, 1.807) is 12.1 Å². The summed E-state index contributed by atoms with van der Waals surface area (Å²) in [6.07, 6.45) is 0.416. The molecule has 0 atom stereocenters. The molecule has 0 unspecified atom stereocenters. The Hall–Kier alpha value is -2.85. The summed E-state index contributed by atoms with van der Waals surface area (Å²) in [6, 6.07) is 9.05. The SMILES string of the molecule is CCOc1ccc(S(=O)(=O)N(CCCN)c2cc(OC)c(N=[N+]=[N-])cc2OC)cc1.Cl. The molecule has 170 valence electrons. The van der Waals surface area contributed by atoms with Gasteiger partial charge in [0.1, 0.15) is 17.2 Å². The van der Waals surface area contributed by atoms with E-state index in [0.29, 0.717) is 25.3 Å². The molecule has 0 aromatic heterocycles. The minimum atomic E-state index is -3.96. The summed E-state index contributed by atoms with van der Waals surface area (Å²) in [5.41, 5.74) is 14.8. The fourth-order valence-electron chi connectivity index (χ4n) is 2.79. The molecule has 12 heteroatoms. The predicted molar refractivity (Wildman–Crippen MR) is 121 cm³/mol. The number of nitrogens with two attached hydrogens (primary N) is 1. The molecule has 31 heavy (non-hydrogen) atoms. The van der Waals surface area contributed by atoms with Gasteiger partial charge in [-0.3, -0.25) is 4.31 Å². The number of rotatable bonds is 11. The summed E-state index contributed by atoms with van der Waals surface area (Å²) >= 11 is 0. The highest BCUT2D eigenvalue weighted by Gasteiger charge is 2.28. The van der Waals surface area contributed by atoms with Crippen LogP contribution < -0.4 is 24.2 Å². The van der Waals surface area contributed by atoms with Crippen LogP contribution in [0.1, 0.15) is 13.3 Å². The van der Waals surface area contributed by atoms with Crippen molar-refractivity contribution in [2.45, 2.75) is 18.2 Å². The molecule has 0 aliphatic carbocycles. The fourth-order valence-corrected chi connectivity index (χ4v) is 4.30. The van der Waals surface area contributed by atoms with E-state index in [4.69, 9.17) is 25.5 Å². The molecular weight excluding hydrogens is 446 g/mol. The molecule has 0 heterocycles. The van der Waals surface area contributed by atoms with E-state index < -0.39 is 10.0 Å². The quantitative estimate of drug-likeness (QED) is 0.298. The van der Waals surface area contributed by atoms with Gasteiger partial charge in [0.2, 0.25) is 0 Å². The summed E-state index contributed by atoms with van der Waals surface area (Å²) < 4.78 is 44.1. The Bertz CT molecular complexity index is 1010. The van der Waals surface area contributed by atoms with Crippen LogP contribution >= 0.6 is 12.4 Å². The second-order valence-corrected chi connectivity index (χ2v) is 7.87. The number of hydrogen-bond acceptors (Lipinski definition) is 7. The van der Waals surface area contributed by atoms with Crippen LogP contribution in [0.5, 0.6) is 17.2 Å². The van der Waals surface area contributed by atoms with E-state index in [1.165, 1.54) is 42.8 Å². The Labute approximate surface area is 188 Å². The van der Waals surface area contributed by atoms with Crippen LogP contribution in [0.25, 0.3) is 10.4 Å². The van der Waals surface area contributed by atoms with E-state index >= 15 is 0 Å². The molecule has 0 aliphatic heterocycles. The highest BCUT2D eigenvalue weighted by atomic mass is 35.5. The first-order valence-electron chi connectivity index (χ1n) is 9.19. The standard InChI is InChI=1S/C19H25N5O5S.ClH/c1-4-29-14-6-8-15(9-7-14)30(25,26)24(11-5-10-20)17-13-18(27-2)16(22-23-21)12-19(17)28-3;/h6-9,12-13H,4-5,10-11,20H2,1-3H3;1H. The Morgan fingerprint density at radius 2 is 1.77 bits per heavy atom. The lowest BCUT2D eigenvalue weighted by atomic mass is 10.2. The van der Waals surface area contributed by atoms with Gasteiger partial charge in [0.15, 0.2) is 0 Å². The molecule has 10 nitrogen and oxygen atoms in total. The van der Waals surface area contributed by atoms with Crippen LogP contribution in [0.4, 0.5) is 11.4 Å². The number of sulfonamides is 1. The number of azide groups is 1. The maximum atomic E-state index is 13.5. The van der Waals surface area contributed by atoms with Crippen LogP contribution in [-0.4, -0.2) is 42.3 Å². The first-order chi connectivity index (χ1) is 14.4. The van der Waals surface area contributed by atoms with Crippen LogP contribution in [0.3, 0.4) is 0 Å². The van der Waals surface area contributed by atoms with Gasteiger partial charge in [-0.1, -0.05) is 5.11 Å². The molecule has 0 radical (unpaired) electrons. The maximum Gasteiger partial charge on any atom is 0.264 e. The van der Waals surface area contributed by atoms with Crippen molar-refractivity contribution in [3.05, 3.63) is 46.8 Å². The Morgan fingerprint density at radius 3 is 2.29 bits per heavy atom. The minimum Gasteiger partial charge on any atom is -0.496 e. The minimum absolute atomic E-state index is 0. The van der Waals surface area contributed by atoms with Gasteiger partial charge < -0.3 is 19.9 Å². The molecule has 0 saturated carbocycles. The number of ether oxygens (including phenoxy) is 3. The first-order valence-corrected chi connectivity index (χ1v) is 10.6. The van der Waals surface area contributed by atoms with Crippen LogP contribution in [0, 0.1) is 0 Å². The Balaban J connectivity index is 0.00000480. The zero-order valence-electron chi connectivity index (χ0n) is 17.5. The molecule has 0 fully saturated rings. The highest BCUT2D eigenvalue weighted by molar-refractivity contribution is 7.92. The summed E-state index contributed by atoms with van der Waals surface area (Å²) in [5, 5.41) is 3.57. The van der Waals surface area contributed by atoms with Gasteiger partial charge in [0, 0.05) is 17.5 Å². The van der Waals surface area contributed by atoms with Gasteiger partial charge in [0.05, 0.1) is 37.1 Å². The molecule has 0 amide bonds. The van der Waals surface area contributed by atoms with Crippen molar-refractivity contribution in [2.24, 2.45) is 10.8 Å². The number of anilines is 1. The number of benzene rings is 2. The van der Waals surface area contributed by atoms with Crippen molar-refractivity contribution in [2.75, 3.05) is 38.2 Å². The lowest BCUT2D eigenvalue weighted by Gasteiger charge is -2.27. The molecule has 0 saturated heterocycles. The van der Waals surface area contributed by atoms with Crippen LogP contribution in [-0.2, 0) is 10.0 Å². The molecule has 2 aromatic carbocycles. The van der Waals surface area contributed by atoms with Gasteiger partial charge in [-0.2, -0.15) is 0 Å². The van der Waals surface area contributed by atoms with Crippen molar-refractivity contribution in [1.82, 2.24) is 0 Å². The third-order valence-electron chi connectivity index (χ3n) is 4.19.